The van der Waals surface area contributed by atoms with Crippen LogP contribution in [-0.4, -0.2) is 17.1 Å². The molecule has 4 nitrogen and oxygen atoms in total. The number of carbonyl (C=O) groups excluding carboxylic acids is 1. The number of hydrogen-bond acceptors (Lipinski definition) is 3. The summed E-state index contributed by atoms with van der Waals surface area (Å²) in [7, 11) is 0. The highest BCUT2D eigenvalue weighted by atomic mass is 16.5. The molecule has 0 spiro atoms. The van der Waals surface area contributed by atoms with Gasteiger partial charge in [-0.05, 0) is 33.8 Å². The molecule has 0 radical (unpaired) electrons. The number of hydrogen-bond donors (Lipinski definition) is 1. The molecule has 0 aromatic carbocycles. The van der Waals surface area contributed by atoms with Gasteiger partial charge < -0.3 is 15.0 Å². The van der Waals surface area contributed by atoms with Crippen LogP contribution in [0.1, 0.15) is 43.3 Å². The monoisotopic (exact) mass is 238 g/mol. The molecule has 96 valence electrons. The normalized spacial score (nSPS) is 10.9. The van der Waals surface area contributed by atoms with Gasteiger partial charge in [-0.25, -0.2) is 0 Å². The largest absolute Gasteiger partial charge is 0.461 e. The third kappa shape index (κ3) is 3.33. The summed E-state index contributed by atoms with van der Waals surface area (Å²) in [5, 5.41) is 0. The van der Waals surface area contributed by atoms with Gasteiger partial charge in [-0.3, -0.25) is 4.79 Å². The van der Waals surface area contributed by atoms with Crippen molar-refractivity contribution >= 4 is 5.97 Å². The van der Waals surface area contributed by atoms with Gasteiger partial charge >= 0.3 is 5.97 Å². The molecule has 0 unspecified atom stereocenters. The summed E-state index contributed by atoms with van der Waals surface area (Å²) in [6.07, 6.45) is 0.281. The summed E-state index contributed by atoms with van der Waals surface area (Å²) < 4.78 is 7.41. The van der Waals surface area contributed by atoms with E-state index in [0.717, 1.165) is 11.3 Å². The fourth-order valence-electron chi connectivity index (χ4n) is 2.13. The molecule has 1 aromatic heterocycles. The first-order valence-corrected chi connectivity index (χ1v) is 6.00. The number of ether oxygens (including phenoxy) is 1. The predicted octanol–water partition coefficient (Wildman–Crippen LogP) is 2.08. The van der Waals surface area contributed by atoms with Crippen molar-refractivity contribution in [2.24, 2.45) is 5.73 Å². The van der Waals surface area contributed by atoms with Crippen LogP contribution in [0, 0.1) is 13.8 Å². The van der Waals surface area contributed by atoms with Crippen molar-refractivity contribution in [3.05, 3.63) is 23.0 Å². The fourth-order valence-corrected chi connectivity index (χ4v) is 2.13. The van der Waals surface area contributed by atoms with Gasteiger partial charge in [0, 0.05) is 29.5 Å². The lowest BCUT2D eigenvalue weighted by Gasteiger charge is -2.13. The van der Waals surface area contributed by atoms with E-state index < -0.39 is 0 Å². The van der Waals surface area contributed by atoms with Gasteiger partial charge in [-0.2, -0.15) is 0 Å². The molecule has 0 saturated heterocycles. The molecule has 2 N–H and O–H groups in total. The van der Waals surface area contributed by atoms with Crippen molar-refractivity contribution < 1.29 is 9.53 Å². The number of esters is 1. The average molecular weight is 238 g/mol. The van der Waals surface area contributed by atoms with E-state index in [-0.39, 0.29) is 12.4 Å². The van der Waals surface area contributed by atoms with Crippen LogP contribution in [-0.2, 0) is 16.1 Å². The molecular formula is C13H22N2O2. The lowest BCUT2D eigenvalue weighted by molar-refractivity contribution is -0.144. The lowest BCUT2D eigenvalue weighted by Crippen LogP contribution is -2.11. The van der Waals surface area contributed by atoms with E-state index >= 15 is 0 Å². The van der Waals surface area contributed by atoms with Crippen LogP contribution in [0.3, 0.4) is 0 Å². The van der Waals surface area contributed by atoms with Gasteiger partial charge in [0.25, 0.3) is 0 Å². The van der Waals surface area contributed by atoms with E-state index in [1.807, 2.05) is 0 Å². The number of nitrogens with zero attached hydrogens (tertiary/aromatic N) is 1. The maximum Gasteiger partial charge on any atom is 0.307 e. The molecule has 17 heavy (non-hydrogen) atoms. The van der Waals surface area contributed by atoms with E-state index in [1.165, 1.54) is 5.69 Å². The molecule has 0 fully saturated rings. The Hall–Kier alpha value is -1.29. The van der Waals surface area contributed by atoms with Gasteiger partial charge in [0.05, 0.1) is 6.42 Å². The zero-order valence-electron chi connectivity index (χ0n) is 11.1. The minimum atomic E-state index is -0.234. The fraction of sp³-hybridized carbons (Fsp3) is 0.615. The Morgan fingerprint density at radius 2 is 2.12 bits per heavy atom. The van der Waals surface area contributed by atoms with Crippen LogP contribution in [0.25, 0.3) is 0 Å². The van der Waals surface area contributed by atoms with Crippen LogP contribution >= 0.6 is 0 Å². The molecule has 0 atom stereocenters. The van der Waals surface area contributed by atoms with Crippen molar-refractivity contribution in [3.63, 3.8) is 0 Å². The second kappa shape index (κ2) is 5.87. The summed E-state index contributed by atoms with van der Waals surface area (Å²) in [4.78, 5) is 11.2. The topological polar surface area (TPSA) is 57.2 Å². The van der Waals surface area contributed by atoms with E-state index in [4.69, 9.17) is 10.5 Å². The van der Waals surface area contributed by atoms with Crippen LogP contribution in [0.15, 0.2) is 6.07 Å². The molecule has 0 aliphatic heterocycles. The molecule has 1 aromatic rings. The first-order chi connectivity index (χ1) is 7.97. The quantitative estimate of drug-likeness (QED) is 0.799. The van der Waals surface area contributed by atoms with Crippen LogP contribution in [0.5, 0.6) is 0 Å². The summed E-state index contributed by atoms with van der Waals surface area (Å²) >= 11 is 0. The zero-order valence-corrected chi connectivity index (χ0v) is 11.1. The number of carbonyl (C=O) groups is 1. The maximum atomic E-state index is 11.2. The van der Waals surface area contributed by atoms with E-state index in [9.17, 15) is 4.79 Å². The van der Waals surface area contributed by atoms with Crippen molar-refractivity contribution in [1.82, 2.24) is 4.57 Å². The van der Waals surface area contributed by atoms with Crippen LogP contribution < -0.4 is 5.73 Å². The molecule has 1 heterocycles. The Bertz CT molecular complexity index is 394. The second-order valence-corrected chi connectivity index (χ2v) is 4.56. The zero-order chi connectivity index (χ0) is 13.0. The molecule has 0 bridgehead atoms. The molecular weight excluding hydrogens is 216 g/mol. The Labute approximate surface area is 103 Å². The Morgan fingerprint density at radius 1 is 1.47 bits per heavy atom. The van der Waals surface area contributed by atoms with Crippen molar-refractivity contribution in [2.75, 3.05) is 6.54 Å². The molecule has 0 amide bonds. The van der Waals surface area contributed by atoms with Crippen LogP contribution in [0.2, 0.25) is 0 Å². The lowest BCUT2D eigenvalue weighted by atomic mass is 10.2. The first kappa shape index (κ1) is 13.8. The molecule has 1 rings (SSSR count). The van der Waals surface area contributed by atoms with Gasteiger partial charge in [-0.15, -0.1) is 0 Å². The highest BCUT2D eigenvalue weighted by molar-refractivity contribution is 5.69. The Balaban J connectivity index is 2.73. The van der Waals surface area contributed by atoms with E-state index in [1.54, 1.807) is 0 Å². The maximum absolute atomic E-state index is 11.2. The van der Waals surface area contributed by atoms with Gasteiger partial charge in [0.15, 0.2) is 0 Å². The Kier molecular flexibility index (Phi) is 4.75. The molecule has 0 aliphatic rings. The van der Waals surface area contributed by atoms with Crippen molar-refractivity contribution in [2.45, 2.75) is 46.8 Å². The van der Waals surface area contributed by atoms with E-state index in [0.29, 0.717) is 19.2 Å². The molecule has 0 saturated carbocycles. The third-order valence-corrected chi connectivity index (χ3v) is 2.84. The third-order valence-electron chi connectivity index (χ3n) is 2.84. The number of rotatable bonds is 5. The van der Waals surface area contributed by atoms with E-state index in [2.05, 4.69) is 38.3 Å². The Morgan fingerprint density at radius 3 is 2.59 bits per heavy atom. The highest BCUT2D eigenvalue weighted by Crippen LogP contribution is 2.20. The minimum Gasteiger partial charge on any atom is -0.461 e. The minimum absolute atomic E-state index is 0.234. The summed E-state index contributed by atoms with van der Waals surface area (Å²) in [6, 6.07) is 2.49. The molecule has 4 heteroatoms. The summed E-state index contributed by atoms with van der Waals surface area (Å²) in [5.41, 5.74) is 8.72. The smallest absolute Gasteiger partial charge is 0.307 e. The van der Waals surface area contributed by atoms with Gasteiger partial charge in [-0.1, -0.05) is 0 Å². The number of aromatic nitrogens is 1. The summed E-state index contributed by atoms with van der Waals surface area (Å²) in [5.74, 6) is -0.234. The highest BCUT2D eigenvalue weighted by Gasteiger charge is 2.12. The first-order valence-electron chi connectivity index (χ1n) is 6.00. The standard InChI is InChI=1S/C13H22N2O2/c1-9(2)15-10(3)7-12(11(15)4)8-17-13(16)5-6-14/h7,9H,5-6,8,14H2,1-4H3. The van der Waals surface area contributed by atoms with Crippen molar-refractivity contribution in [1.29, 1.82) is 0 Å². The van der Waals surface area contributed by atoms with Gasteiger partial charge in [0.1, 0.15) is 6.61 Å². The van der Waals surface area contributed by atoms with Gasteiger partial charge in [0.2, 0.25) is 0 Å². The van der Waals surface area contributed by atoms with Crippen LogP contribution in [0.4, 0.5) is 0 Å². The van der Waals surface area contributed by atoms with Crippen molar-refractivity contribution in [3.8, 4) is 0 Å². The number of nitrogens with two attached hydrogens (primary N) is 1. The number of aryl methyl sites for hydroxylation is 1. The SMILES string of the molecule is Cc1cc(COC(=O)CCN)c(C)n1C(C)C. The molecule has 0 aliphatic carbocycles. The average Bonchev–Trinajstić information content (AvgIpc) is 2.51. The second-order valence-electron chi connectivity index (χ2n) is 4.56. The summed E-state index contributed by atoms with van der Waals surface area (Å²) in [6.45, 7) is 9.08. The predicted molar refractivity (Wildman–Crippen MR) is 67.8 cm³/mol.